The second kappa shape index (κ2) is 16.0. The van der Waals surface area contributed by atoms with E-state index in [0.29, 0.717) is 11.1 Å². The van der Waals surface area contributed by atoms with Crippen molar-refractivity contribution in [3.05, 3.63) is 80.9 Å². The van der Waals surface area contributed by atoms with E-state index in [0.717, 1.165) is 34.8 Å². The summed E-state index contributed by atoms with van der Waals surface area (Å²) < 4.78 is 25.8. The summed E-state index contributed by atoms with van der Waals surface area (Å²) in [7, 11) is 1.58. The van der Waals surface area contributed by atoms with Gasteiger partial charge < -0.3 is 34.3 Å². The van der Waals surface area contributed by atoms with Gasteiger partial charge in [-0.25, -0.2) is 4.79 Å². The molecule has 6 rings (SSSR count). The molecule has 1 heterocycles. The van der Waals surface area contributed by atoms with Crippen molar-refractivity contribution in [1.82, 2.24) is 10.2 Å². The Kier molecular flexibility index (Phi) is 11.8. The largest absolute Gasteiger partial charge is 0.460 e. The van der Waals surface area contributed by atoms with Crippen LogP contribution in [0.5, 0.6) is 0 Å². The van der Waals surface area contributed by atoms with Crippen molar-refractivity contribution in [3.63, 3.8) is 0 Å². The number of amides is 2. The smallest absolute Gasteiger partial charge is 0.339 e. The highest BCUT2D eigenvalue weighted by Gasteiger charge is 2.64. The molecule has 11 nitrogen and oxygen atoms in total. The lowest BCUT2D eigenvalue weighted by Crippen LogP contribution is -2.53. The average molecular weight is 829 g/mol. The highest BCUT2D eigenvalue weighted by atomic mass is 127. The van der Waals surface area contributed by atoms with Crippen LogP contribution in [0.4, 0.5) is 0 Å². The van der Waals surface area contributed by atoms with Gasteiger partial charge in [-0.3, -0.25) is 14.4 Å². The number of benzene rings is 2. The molecule has 4 aliphatic rings. The highest BCUT2D eigenvalue weighted by Crippen LogP contribution is 2.59. The molecular weight excluding hydrogens is 779 g/mol. The van der Waals surface area contributed by atoms with E-state index in [1.54, 1.807) is 46.0 Å². The second-order valence-electron chi connectivity index (χ2n) is 15.4. The van der Waals surface area contributed by atoms with Gasteiger partial charge in [0.2, 0.25) is 11.8 Å². The molecule has 0 unspecified atom stereocenters. The van der Waals surface area contributed by atoms with E-state index >= 15 is 0 Å². The van der Waals surface area contributed by atoms with Crippen molar-refractivity contribution < 1.29 is 43.2 Å². The van der Waals surface area contributed by atoms with Crippen LogP contribution >= 0.6 is 22.6 Å². The zero-order valence-corrected chi connectivity index (χ0v) is 32.4. The Hall–Kier alpha value is -3.33. The van der Waals surface area contributed by atoms with E-state index in [2.05, 4.69) is 27.9 Å². The quantitative estimate of drug-likeness (QED) is 0.196. The highest BCUT2D eigenvalue weighted by molar-refractivity contribution is 14.1. The summed E-state index contributed by atoms with van der Waals surface area (Å²) in [6.07, 6.45) is 4.29. The summed E-state index contributed by atoms with van der Waals surface area (Å²) >= 11 is 2.10. The molecule has 0 bridgehead atoms. The predicted molar refractivity (Wildman–Crippen MR) is 200 cm³/mol. The number of aliphatic hydroxyl groups excluding tert-OH is 1. The van der Waals surface area contributed by atoms with Crippen LogP contribution in [0, 0.1) is 15.4 Å². The van der Waals surface area contributed by atoms with Gasteiger partial charge in [0.15, 0.2) is 5.79 Å². The van der Waals surface area contributed by atoms with Crippen molar-refractivity contribution in [2.24, 2.45) is 11.8 Å². The fraction of sp³-hybridized carbons (Fsp3) is 0.550. The van der Waals surface area contributed by atoms with Crippen LogP contribution in [0.3, 0.4) is 0 Å². The van der Waals surface area contributed by atoms with Gasteiger partial charge in [0.05, 0.1) is 18.2 Å². The van der Waals surface area contributed by atoms with Crippen molar-refractivity contribution >= 4 is 46.3 Å². The van der Waals surface area contributed by atoms with Crippen LogP contribution in [-0.2, 0) is 39.8 Å². The number of rotatable bonds is 14. The topological polar surface area (TPSA) is 141 Å². The molecule has 2 amide bonds. The molecule has 2 aromatic rings. The molecule has 3 aliphatic carbocycles. The number of nitrogens with one attached hydrogen (secondary N) is 1. The second-order valence-corrected chi connectivity index (χ2v) is 16.6. The standard InChI is InChI=1S/C40H49IN2O9/c1-39(2,3)51-34(45)19-18-28(23-44)42-36(46)31(20-24-10-6-5-7-11-24)43(4)37(47)25-21-32(49-38(48)29-12-8-9-13-30(29)41)35-33(22-25)50-40(52-35,26-14-15-26)27-16-17-27/h5-13,22,26-28,31-33,35,44H,14-21,23H2,1-4H3,(H,42,46)/t28-,31+,32+,33+,35-/m0/s1. The van der Waals surface area contributed by atoms with Gasteiger partial charge in [-0.05, 0) is 99.2 Å². The minimum Gasteiger partial charge on any atom is -0.460 e. The Labute approximate surface area is 318 Å². The molecule has 1 saturated heterocycles. The van der Waals surface area contributed by atoms with E-state index in [-0.39, 0.29) is 37.5 Å². The Morgan fingerprint density at radius 2 is 1.65 bits per heavy atom. The summed E-state index contributed by atoms with van der Waals surface area (Å²) in [5, 5.41) is 13.0. The van der Waals surface area contributed by atoms with Crippen molar-refractivity contribution in [2.45, 2.75) is 114 Å². The zero-order chi connectivity index (χ0) is 37.2. The zero-order valence-electron chi connectivity index (χ0n) is 30.2. The Morgan fingerprint density at radius 1 is 1.00 bits per heavy atom. The Balaban J connectivity index is 1.23. The predicted octanol–water partition coefficient (Wildman–Crippen LogP) is 5.12. The number of hydrogen-bond donors (Lipinski definition) is 2. The monoisotopic (exact) mass is 828 g/mol. The third-order valence-electron chi connectivity index (χ3n) is 10.1. The van der Waals surface area contributed by atoms with Gasteiger partial charge in [0, 0.05) is 47.3 Å². The number of fused-ring (bicyclic) bond motifs is 1. The molecule has 5 atom stereocenters. The van der Waals surface area contributed by atoms with Gasteiger partial charge in [-0.15, -0.1) is 0 Å². The van der Waals surface area contributed by atoms with Crippen LogP contribution < -0.4 is 5.32 Å². The van der Waals surface area contributed by atoms with Crippen LogP contribution in [-0.4, -0.2) is 89.2 Å². The summed E-state index contributed by atoms with van der Waals surface area (Å²) in [5.41, 5.74) is 0.977. The number of halogens is 1. The lowest BCUT2D eigenvalue weighted by molar-refractivity contribution is -0.209. The number of aliphatic hydroxyl groups is 1. The molecule has 12 heteroatoms. The first-order valence-electron chi connectivity index (χ1n) is 18.2. The molecule has 0 aromatic heterocycles. The van der Waals surface area contributed by atoms with E-state index in [1.165, 1.54) is 4.90 Å². The number of esters is 2. The number of hydrogen-bond acceptors (Lipinski definition) is 9. The van der Waals surface area contributed by atoms with E-state index in [9.17, 15) is 24.3 Å². The minimum atomic E-state index is -0.964. The Bertz CT molecular complexity index is 1650. The molecule has 2 aromatic carbocycles. The Morgan fingerprint density at radius 3 is 2.27 bits per heavy atom. The summed E-state index contributed by atoms with van der Waals surface area (Å²) in [5.74, 6) is -2.03. The number of ether oxygens (including phenoxy) is 4. The molecular formula is C40H49IN2O9. The maximum absolute atomic E-state index is 14.5. The molecule has 52 heavy (non-hydrogen) atoms. The lowest BCUT2D eigenvalue weighted by Gasteiger charge is -2.34. The SMILES string of the molecule is CN(C(=O)C1=C[C@H]2OC(C3CC3)(C3CC3)O[C@H]2[C@H](OC(=O)c2ccccc2I)C1)[C@H](Cc1ccccc1)C(=O)N[C@H](CO)CCC(=O)OC(C)(C)C. The number of nitrogens with zero attached hydrogens (tertiary/aromatic N) is 1. The number of carbonyl (C=O) groups excluding carboxylic acids is 4. The van der Waals surface area contributed by atoms with Gasteiger partial charge in [0.1, 0.15) is 30.0 Å². The van der Waals surface area contributed by atoms with Gasteiger partial charge in [-0.1, -0.05) is 42.5 Å². The first kappa shape index (κ1) is 38.4. The van der Waals surface area contributed by atoms with Crippen molar-refractivity contribution in [2.75, 3.05) is 13.7 Å². The molecule has 0 radical (unpaired) electrons. The van der Waals surface area contributed by atoms with E-state index in [1.807, 2.05) is 42.5 Å². The van der Waals surface area contributed by atoms with Crippen LogP contribution in [0.25, 0.3) is 0 Å². The maximum Gasteiger partial charge on any atom is 0.339 e. The molecule has 0 spiro atoms. The van der Waals surface area contributed by atoms with Crippen LogP contribution in [0.15, 0.2) is 66.2 Å². The van der Waals surface area contributed by atoms with Gasteiger partial charge in [-0.2, -0.15) is 0 Å². The molecule has 280 valence electrons. The molecule has 3 fully saturated rings. The van der Waals surface area contributed by atoms with Gasteiger partial charge >= 0.3 is 11.9 Å². The lowest BCUT2D eigenvalue weighted by atomic mass is 9.90. The number of carbonyl (C=O) groups is 4. The molecule has 2 N–H and O–H groups in total. The fourth-order valence-electron chi connectivity index (χ4n) is 7.19. The van der Waals surface area contributed by atoms with E-state index in [4.69, 9.17) is 18.9 Å². The summed E-state index contributed by atoms with van der Waals surface area (Å²) in [6.45, 7) is 4.93. The summed E-state index contributed by atoms with van der Waals surface area (Å²) in [4.78, 5) is 55.8. The first-order valence-corrected chi connectivity index (χ1v) is 19.3. The molecule has 1 aliphatic heterocycles. The third-order valence-corrected chi connectivity index (χ3v) is 11.0. The van der Waals surface area contributed by atoms with Gasteiger partial charge in [0.25, 0.3) is 0 Å². The van der Waals surface area contributed by atoms with Crippen LogP contribution in [0.1, 0.15) is 81.6 Å². The maximum atomic E-state index is 14.5. The van der Waals surface area contributed by atoms with Crippen LogP contribution in [0.2, 0.25) is 0 Å². The fourth-order valence-corrected chi connectivity index (χ4v) is 7.80. The third kappa shape index (κ3) is 9.06. The van der Waals surface area contributed by atoms with E-state index < -0.39 is 72.1 Å². The number of likely N-dealkylation sites (N-methyl/N-ethyl adjacent to an activating group) is 1. The average Bonchev–Trinajstić information content (AvgIpc) is 4.05. The summed E-state index contributed by atoms with van der Waals surface area (Å²) in [6, 6.07) is 14.9. The van der Waals surface area contributed by atoms with Crippen molar-refractivity contribution in [3.8, 4) is 0 Å². The molecule has 2 saturated carbocycles. The van der Waals surface area contributed by atoms with Crippen molar-refractivity contribution in [1.29, 1.82) is 0 Å². The normalized spacial score (nSPS) is 23.4. The first-order chi connectivity index (χ1) is 24.8. The minimum absolute atomic E-state index is 0.00373.